The molecule has 0 radical (unpaired) electrons. The van der Waals surface area contributed by atoms with E-state index in [4.69, 9.17) is 4.74 Å². The Morgan fingerprint density at radius 2 is 1.93 bits per heavy atom. The van der Waals surface area contributed by atoms with Gasteiger partial charge in [0.1, 0.15) is 5.75 Å². The number of hydrogen-bond acceptors (Lipinski definition) is 5. The molecule has 0 saturated carbocycles. The van der Waals surface area contributed by atoms with Gasteiger partial charge in [-0.15, -0.1) is 0 Å². The normalized spacial score (nSPS) is 11.1. The summed E-state index contributed by atoms with van der Waals surface area (Å²) < 4.78 is 37.7. The van der Waals surface area contributed by atoms with Gasteiger partial charge < -0.3 is 15.0 Å². The van der Waals surface area contributed by atoms with Crippen molar-refractivity contribution in [1.29, 1.82) is 0 Å². The van der Waals surface area contributed by atoms with Crippen LogP contribution in [0.15, 0.2) is 47.4 Å². The Morgan fingerprint density at radius 3 is 2.52 bits per heavy atom. The van der Waals surface area contributed by atoms with E-state index in [0.717, 1.165) is 11.3 Å². The number of benzene rings is 2. The number of carbonyl (C=O) groups is 1. The number of hydrogen-bond donors (Lipinski definition) is 2. The zero-order chi connectivity index (χ0) is 20.0. The van der Waals surface area contributed by atoms with Gasteiger partial charge in [-0.1, -0.05) is 12.1 Å². The maximum Gasteiger partial charge on any atom is 0.294 e. The molecule has 7 nitrogen and oxygen atoms in total. The van der Waals surface area contributed by atoms with Crippen LogP contribution in [0.3, 0.4) is 0 Å². The van der Waals surface area contributed by atoms with Crippen molar-refractivity contribution in [2.75, 3.05) is 23.4 Å². The van der Waals surface area contributed by atoms with Crippen molar-refractivity contribution in [3.63, 3.8) is 0 Å². The molecule has 0 aliphatic carbocycles. The minimum atomic E-state index is -4.26. The molecule has 0 heterocycles. The Labute approximate surface area is 159 Å². The number of ether oxygens (including phenoxy) is 1. The molecular formula is C19H24N2O5S. The summed E-state index contributed by atoms with van der Waals surface area (Å²) in [5, 5.41) is 2.75. The minimum absolute atomic E-state index is 0.145. The Balaban J connectivity index is 2.39. The molecule has 0 aromatic heterocycles. The number of anilines is 2. The smallest absolute Gasteiger partial charge is 0.294 e. The summed E-state index contributed by atoms with van der Waals surface area (Å²) in [7, 11) is -4.26. The van der Waals surface area contributed by atoms with Crippen molar-refractivity contribution in [2.45, 2.75) is 32.2 Å². The molecule has 2 aromatic carbocycles. The van der Waals surface area contributed by atoms with E-state index in [0.29, 0.717) is 31.1 Å². The predicted molar refractivity (Wildman–Crippen MR) is 105 cm³/mol. The molecule has 0 spiro atoms. The Kier molecular flexibility index (Phi) is 6.81. The van der Waals surface area contributed by atoms with Crippen LogP contribution in [0.4, 0.5) is 11.4 Å². The molecule has 8 heteroatoms. The molecule has 0 saturated heterocycles. The largest absolute Gasteiger partial charge is 0.492 e. The first-order valence-corrected chi connectivity index (χ1v) is 10.0. The molecule has 27 heavy (non-hydrogen) atoms. The number of nitrogens with one attached hydrogen (secondary N) is 1. The van der Waals surface area contributed by atoms with Gasteiger partial charge >= 0.3 is 0 Å². The molecule has 2 N–H and O–H groups in total. The van der Waals surface area contributed by atoms with Crippen molar-refractivity contribution >= 4 is 27.4 Å². The van der Waals surface area contributed by atoms with E-state index in [1.807, 2.05) is 24.8 Å². The average Bonchev–Trinajstić information content (AvgIpc) is 2.60. The Bertz CT molecular complexity index is 912. The lowest BCUT2D eigenvalue weighted by atomic mass is 10.1. The van der Waals surface area contributed by atoms with Gasteiger partial charge in [0, 0.05) is 25.7 Å². The summed E-state index contributed by atoms with van der Waals surface area (Å²) in [6.45, 7) is 6.81. The lowest BCUT2D eigenvalue weighted by Crippen LogP contribution is -2.23. The van der Waals surface area contributed by atoms with Crippen LogP contribution in [0.2, 0.25) is 0 Å². The van der Waals surface area contributed by atoms with Crippen LogP contribution in [-0.4, -0.2) is 32.0 Å². The standard InChI is InChI=1S/C19H24N2O5S/c1-4-21(13-15-7-6-8-17(11-15)27(23,24)25)18-12-16(20-14(3)22)9-10-19(18)26-5-2/h6-12H,4-5,13H2,1-3H3,(H,20,22)(H,23,24,25). The fourth-order valence-corrected chi connectivity index (χ4v) is 3.27. The summed E-state index contributed by atoms with van der Waals surface area (Å²) in [5.41, 5.74) is 2.15. The summed E-state index contributed by atoms with van der Waals surface area (Å²) in [6, 6.07) is 11.5. The van der Waals surface area contributed by atoms with Crippen molar-refractivity contribution < 1.29 is 22.5 Å². The molecule has 0 atom stereocenters. The Morgan fingerprint density at radius 1 is 1.19 bits per heavy atom. The van der Waals surface area contributed by atoms with E-state index in [9.17, 15) is 17.8 Å². The molecule has 0 fully saturated rings. The predicted octanol–water partition coefficient (Wildman–Crippen LogP) is 3.32. The third-order valence-corrected chi connectivity index (χ3v) is 4.72. The van der Waals surface area contributed by atoms with Gasteiger partial charge in [-0.05, 0) is 49.7 Å². The molecular weight excluding hydrogens is 368 g/mol. The van der Waals surface area contributed by atoms with Gasteiger partial charge in [-0.2, -0.15) is 8.42 Å². The average molecular weight is 392 g/mol. The summed E-state index contributed by atoms with van der Waals surface area (Å²) >= 11 is 0. The lowest BCUT2D eigenvalue weighted by molar-refractivity contribution is -0.114. The first-order valence-electron chi connectivity index (χ1n) is 8.60. The zero-order valence-electron chi connectivity index (χ0n) is 15.6. The van der Waals surface area contributed by atoms with Crippen LogP contribution in [0.1, 0.15) is 26.3 Å². The van der Waals surface area contributed by atoms with Crippen LogP contribution in [0.25, 0.3) is 0 Å². The highest BCUT2D eigenvalue weighted by atomic mass is 32.2. The molecule has 2 rings (SSSR count). The molecule has 146 valence electrons. The molecule has 1 amide bonds. The molecule has 2 aromatic rings. The first kappa shape index (κ1) is 20.7. The van der Waals surface area contributed by atoms with Crippen LogP contribution in [0.5, 0.6) is 5.75 Å². The quantitative estimate of drug-likeness (QED) is 0.669. The zero-order valence-corrected chi connectivity index (χ0v) is 16.4. The topological polar surface area (TPSA) is 95.9 Å². The van der Waals surface area contributed by atoms with E-state index >= 15 is 0 Å². The van der Waals surface area contributed by atoms with Gasteiger partial charge in [0.25, 0.3) is 10.1 Å². The number of amides is 1. The summed E-state index contributed by atoms with van der Waals surface area (Å²) in [6.07, 6.45) is 0. The minimum Gasteiger partial charge on any atom is -0.492 e. The van der Waals surface area contributed by atoms with Crippen molar-refractivity contribution in [2.24, 2.45) is 0 Å². The highest BCUT2D eigenvalue weighted by Gasteiger charge is 2.15. The van der Waals surface area contributed by atoms with Crippen LogP contribution in [-0.2, 0) is 21.5 Å². The van der Waals surface area contributed by atoms with Crippen molar-refractivity contribution in [1.82, 2.24) is 0 Å². The van der Waals surface area contributed by atoms with Crippen molar-refractivity contribution in [3.05, 3.63) is 48.0 Å². The second-order valence-corrected chi connectivity index (χ2v) is 7.35. The third-order valence-electron chi connectivity index (χ3n) is 3.87. The first-order chi connectivity index (χ1) is 12.7. The monoisotopic (exact) mass is 392 g/mol. The highest BCUT2D eigenvalue weighted by Crippen LogP contribution is 2.33. The van der Waals surface area contributed by atoms with E-state index < -0.39 is 10.1 Å². The second kappa shape index (κ2) is 8.88. The fourth-order valence-electron chi connectivity index (χ4n) is 2.72. The number of rotatable bonds is 8. The molecule has 0 unspecified atom stereocenters. The number of nitrogens with zero attached hydrogens (tertiary/aromatic N) is 1. The van der Waals surface area contributed by atoms with Crippen LogP contribution >= 0.6 is 0 Å². The number of carbonyl (C=O) groups excluding carboxylic acids is 1. The summed E-state index contributed by atoms with van der Waals surface area (Å²) in [4.78, 5) is 13.2. The van der Waals surface area contributed by atoms with E-state index in [-0.39, 0.29) is 10.8 Å². The van der Waals surface area contributed by atoms with E-state index in [1.54, 1.807) is 24.3 Å². The summed E-state index contributed by atoms with van der Waals surface area (Å²) in [5.74, 6) is 0.494. The van der Waals surface area contributed by atoms with Gasteiger partial charge in [0.05, 0.1) is 17.2 Å². The maximum absolute atomic E-state index is 11.4. The Hall–Kier alpha value is -2.58. The third kappa shape index (κ3) is 5.70. The van der Waals surface area contributed by atoms with Crippen LogP contribution < -0.4 is 15.0 Å². The fraction of sp³-hybridized carbons (Fsp3) is 0.316. The highest BCUT2D eigenvalue weighted by molar-refractivity contribution is 7.85. The van der Waals surface area contributed by atoms with Gasteiger partial charge in [-0.25, -0.2) is 0 Å². The molecule has 0 aliphatic rings. The maximum atomic E-state index is 11.4. The van der Waals surface area contributed by atoms with Gasteiger partial charge in [-0.3, -0.25) is 9.35 Å². The SMILES string of the molecule is CCOc1ccc(NC(C)=O)cc1N(CC)Cc1cccc(S(=O)(=O)O)c1. The van der Waals surface area contributed by atoms with E-state index in [2.05, 4.69) is 5.32 Å². The second-order valence-electron chi connectivity index (χ2n) is 5.93. The van der Waals surface area contributed by atoms with Gasteiger partial charge in [0.2, 0.25) is 5.91 Å². The lowest BCUT2D eigenvalue weighted by Gasteiger charge is -2.26. The molecule has 0 bridgehead atoms. The van der Waals surface area contributed by atoms with Gasteiger partial charge in [0.15, 0.2) is 0 Å². The van der Waals surface area contributed by atoms with E-state index in [1.165, 1.54) is 19.1 Å². The van der Waals surface area contributed by atoms with Crippen LogP contribution in [0, 0.1) is 0 Å². The van der Waals surface area contributed by atoms with Crippen molar-refractivity contribution in [3.8, 4) is 5.75 Å². The molecule has 0 aliphatic heterocycles.